The Morgan fingerprint density at radius 2 is 2.36 bits per heavy atom. The highest BCUT2D eigenvalue weighted by Gasteiger charge is 2.14. The third-order valence-electron chi connectivity index (χ3n) is 1.52. The van der Waals surface area contributed by atoms with Crippen LogP contribution in [-0.2, 0) is 4.79 Å². The zero-order chi connectivity index (χ0) is 10.6. The fourth-order valence-corrected chi connectivity index (χ4v) is 0.871. The van der Waals surface area contributed by atoms with Crippen molar-refractivity contribution in [1.29, 1.82) is 0 Å². The standard InChI is InChI=1S/C7H13N5O2/c1-3-9-5(13)4(2)10-7-12-11-6(8)14-7/h4H,3H2,1-2H3,(H2,8,11)(H,9,13)(H,10,12). The van der Waals surface area contributed by atoms with Gasteiger partial charge < -0.3 is 20.8 Å². The van der Waals surface area contributed by atoms with Crippen molar-refractivity contribution in [3.05, 3.63) is 0 Å². The van der Waals surface area contributed by atoms with E-state index in [4.69, 9.17) is 10.2 Å². The smallest absolute Gasteiger partial charge is 0.317 e. The van der Waals surface area contributed by atoms with Gasteiger partial charge in [-0.15, -0.1) is 0 Å². The van der Waals surface area contributed by atoms with Crippen molar-refractivity contribution in [2.45, 2.75) is 19.9 Å². The molecule has 0 aliphatic rings. The molecule has 1 unspecified atom stereocenters. The molecule has 78 valence electrons. The molecule has 4 N–H and O–H groups in total. The van der Waals surface area contributed by atoms with E-state index in [0.29, 0.717) is 6.54 Å². The minimum absolute atomic E-state index is 0.0319. The van der Waals surface area contributed by atoms with Gasteiger partial charge in [0.25, 0.3) is 0 Å². The molecule has 1 amide bonds. The molecule has 0 aliphatic heterocycles. The van der Waals surface area contributed by atoms with E-state index in [1.165, 1.54) is 0 Å². The summed E-state index contributed by atoms with van der Waals surface area (Å²) in [5.41, 5.74) is 5.21. The molecule has 1 heterocycles. The molecule has 1 atom stereocenters. The van der Waals surface area contributed by atoms with Crippen LogP contribution in [0, 0.1) is 0 Å². The first-order valence-corrected chi connectivity index (χ1v) is 4.26. The lowest BCUT2D eigenvalue weighted by Crippen LogP contribution is -2.37. The van der Waals surface area contributed by atoms with Crippen LogP contribution in [0.5, 0.6) is 0 Å². The summed E-state index contributed by atoms with van der Waals surface area (Å²) in [5.74, 6) is -0.135. The summed E-state index contributed by atoms with van der Waals surface area (Å²) in [4.78, 5) is 11.3. The summed E-state index contributed by atoms with van der Waals surface area (Å²) < 4.78 is 4.85. The van der Waals surface area contributed by atoms with Gasteiger partial charge >= 0.3 is 12.0 Å². The number of nitrogens with one attached hydrogen (secondary N) is 2. The van der Waals surface area contributed by atoms with Gasteiger partial charge in [-0.2, -0.15) is 0 Å². The molecule has 0 aromatic carbocycles. The van der Waals surface area contributed by atoms with Crippen LogP contribution < -0.4 is 16.4 Å². The van der Waals surface area contributed by atoms with Gasteiger partial charge in [-0.1, -0.05) is 10.2 Å². The molecular formula is C7H13N5O2. The molecule has 7 heteroatoms. The average molecular weight is 199 g/mol. The lowest BCUT2D eigenvalue weighted by Gasteiger charge is -2.10. The molecule has 7 nitrogen and oxygen atoms in total. The molecule has 0 bridgehead atoms. The van der Waals surface area contributed by atoms with Crippen LogP contribution >= 0.6 is 0 Å². The number of amides is 1. The van der Waals surface area contributed by atoms with E-state index >= 15 is 0 Å². The van der Waals surface area contributed by atoms with E-state index in [-0.39, 0.29) is 17.9 Å². The molecule has 1 aromatic rings. The predicted molar refractivity (Wildman–Crippen MR) is 50.5 cm³/mol. The van der Waals surface area contributed by atoms with Crippen molar-refractivity contribution in [3.8, 4) is 0 Å². The molecule has 14 heavy (non-hydrogen) atoms. The summed E-state index contributed by atoms with van der Waals surface area (Å²) in [6.45, 7) is 4.11. The third-order valence-corrected chi connectivity index (χ3v) is 1.52. The van der Waals surface area contributed by atoms with Crippen LogP contribution in [0.4, 0.5) is 12.0 Å². The maximum atomic E-state index is 11.3. The molecular weight excluding hydrogens is 186 g/mol. The first-order valence-electron chi connectivity index (χ1n) is 4.26. The summed E-state index contributed by atoms with van der Waals surface area (Å²) in [6.07, 6.45) is 0. The second-order valence-electron chi connectivity index (χ2n) is 2.71. The van der Waals surface area contributed by atoms with Crippen LogP contribution in [0.3, 0.4) is 0 Å². The number of anilines is 2. The number of carbonyl (C=O) groups excluding carboxylic acids is 1. The number of carbonyl (C=O) groups is 1. The molecule has 0 aliphatic carbocycles. The zero-order valence-corrected chi connectivity index (χ0v) is 8.07. The zero-order valence-electron chi connectivity index (χ0n) is 8.07. The van der Waals surface area contributed by atoms with Crippen molar-refractivity contribution >= 4 is 17.9 Å². The Morgan fingerprint density at radius 1 is 1.64 bits per heavy atom. The maximum Gasteiger partial charge on any atom is 0.317 e. The number of rotatable bonds is 4. The number of hydrogen-bond acceptors (Lipinski definition) is 6. The molecule has 0 radical (unpaired) electrons. The second-order valence-corrected chi connectivity index (χ2v) is 2.71. The summed E-state index contributed by atoms with van der Waals surface area (Å²) in [7, 11) is 0. The number of nitrogens with two attached hydrogens (primary N) is 1. The summed E-state index contributed by atoms with van der Waals surface area (Å²) in [5, 5.41) is 12.4. The number of nitrogens with zero attached hydrogens (tertiary/aromatic N) is 2. The highest BCUT2D eigenvalue weighted by molar-refractivity contribution is 5.83. The van der Waals surface area contributed by atoms with E-state index < -0.39 is 6.04 Å². The molecule has 0 saturated carbocycles. The average Bonchev–Trinajstić information content (AvgIpc) is 2.51. The SMILES string of the molecule is CCNC(=O)C(C)Nc1nnc(N)o1. The Morgan fingerprint density at radius 3 is 2.86 bits per heavy atom. The number of hydrogen-bond donors (Lipinski definition) is 3. The first kappa shape index (κ1) is 10.3. The van der Waals surface area contributed by atoms with Crippen LogP contribution in [0.2, 0.25) is 0 Å². The topological polar surface area (TPSA) is 106 Å². The van der Waals surface area contributed by atoms with Gasteiger partial charge in [0.15, 0.2) is 0 Å². The van der Waals surface area contributed by atoms with Crippen LogP contribution in [0.1, 0.15) is 13.8 Å². The second kappa shape index (κ2) is 4.45. The minimum Gasteiger partial charge on any atom is -0.390 e. The van der Waals surface area contributed by atoms with Crippen LogP contribution in [-0.4, -0.2) is 28.7 Å². The molecule has 0 saturated heterocycles. The normalized spacial score (nSPS) is 12.1. The van der Waals surface area contributed by atoms with Crippen molar-refractivity contribution in [2.24, 2.45) is 0 Å². The Bertz CT molecular complexity index is 311. The van der Waals surface area contributed by atoms with Gasteiger partial charge in [0.2, 0.25) is 5.91 Å². The van der Waals surface area contributed by atoms with Gasteiger partial charge in [0.05, 0.1) is 0 Å². The minimum atomic E-state index is -0.435. The van der Waals surface area contributed by atoms with Crippen LogP contribution in [0.15, 0.2) is 4.42 Å². The summed E-state index contributed by atoms with van der Waals surface area (Å²) in [6, 6.07) is -0.327. The number of nitrogen functional groups attached to an aromatic ring is 1. The van der Waals surface area contributed by atoms with E-state index in [1.807, 2.05) is 6.92 Å². The lowest BCUT2D eigenvalue weighted by molar-refractivity contribution is -0.121. The van der Waals surface area contributed by atoms with Gasteiger partial charge in [-0.05, 0) is 13.8 Å². The van der Waals surface area contributed by atoms with Gasteiger partial charge in [0.1, 0.15) is 6.04 Å². The van der Waals surface area contributed by atoms with E-state index in [0.717, 1.165) is 0 Å². The van der Waals surface area contributed by atoms with Gasteiger partial charge in [-0.3, -0.25) is 4.79 Å². The quantitative estimate of drug-likeness (QED) is 0.608. The van der Waals surface area contributed by atoms with Crippen molar-refractivity contribution in [2.75, 3.05) is 17.6 Å². The summed E-state index contributed by atoms with van der Waals surface area (Å²) >= 11 is 0. The van der Waals surface area contributed by atoms with Crippen molar-refractivity contribution in [1.82, 2.24) is 15.5 Å². The Kier molecular flexibility index (Phi) is 3.27. The number of aromatic nitrogens is 2. The number of likely N-dealkylation sites (N-methyl/N-ethyl adjacent to an activating group) is 1. The highest BCUT2D eigenvalue weighted by Crippen LogP contribution is 2.07. The Hall–Kier alpha value is -1.79. The molecule has 1 rings (SSSR count). The lowest BCUT2D eigenvalue weighted by atomic mass is 10.3. The van der Waals surface area contributed by atoms with Crippen molar-refractivity contribution in [3.63, 3.8) is 0 Å². The maximum absolute atomic E-state index is 11.3. The fraction of sp³-hybridized carbons (Fsp3) is 0.571. The monoisotopic (exact) mass is 199 g/mol. The van der Waals surface area contributed by atoms with E-state index in [1.54, 1.807) is 6.92 Å². The van der Waals surface area contributed by atoms with E-state index in [9.17, 15) is 4.79 Å². The highest BCUT2D eigenvalue weighted by atomic mass is 16.4. The fourth-order valence-electron chi connectivity index (χ4n) is 0.871. The largest absolute Gasteiger partial charge is 0.390 e. The third kappa shape index (κ3) is 2.61. The van der Waals surface area contributed by atoms with E-state index in [2.05, 4.69) is 20.8 Å². The molecule has 0 spiro atoms. The molecule has 1 aromatic heterocycles. The molecule has 0 fully saturated rings. The van der Waals surface area contributed by atoms with Gasteiger partial charge in [0, 0.05) is 6.54 Å². The Labute approximate surface area is 81.1 Å². The predicted octanol–water partition coefficient (Wildman–Crippen LogP) is -0.412. The van der Waals surface area contributed by atoms with Gasteiger partial charge in [-0.25, -0.2) is 0 Å². The van der Waals surface area contributed by atoms with Crippen molar-refractivity contribution < 1.29 is 9.21 Å². The Balaban J connectivity index is 2.48. The van der Waals surface area contributed by atoms with Crippen LogP contribution in [0.25, 0.3) is 0 Å². The first-order chi connectivity index (χ1) is 6.63.